The number of piperidine rings is 1. The maximum atomic E-state index is 10.8. The van der Waals surface area contributed by atoms with Gasteiger partial charge in [-0.1, -0.05) is 0 Å². The van der Waals surface area contributed by atoms with Gasteiger partial charge in [0.1, 0.15) is 12.4 Å². The van der Waals surface area contributed by atoms with Crippen LogP contribution in [-0.4, -0.2) is 49.7 Å². The minimum absolute atomic E-state index is 0.0925. The lowest BCUT2D eigenvalue weighted by atomic mass is 9.96. The maximum Gasteiger partial charge on any atom is 0.273 e. The van der Waals surface area contributed by atoms with Crippen LogP contribution in [-0.2, 0) is 0 Å². The van der Waals surface area contributed by atoms with Crippen LogP contribution in [0.25, 0.3) is 0 Å². The van der Waals surface area contributed by atoms with E-state index in [0.29, 0.717) is 18.3 Å². The molecule has 0 atom stereocenters. The summed E-state index contributed by atoms with van der Waals surface area (Å²) in [6, 6.07) is 4.92. The largest absolute Gasteiger partial charge is 0.489 e. The van der Waals surface area contributed by atoms with Crippen molar-refractivity contribution < 1.29 is 9.66 Å². The molecule has 1 aromatic rings. The number of benzene rings is 1. The Morgan fingerprint density at radius 2 is 2.10 bits per heavy atom. The number of nitrogens with zero attached hydrogens (tertiary/aromatic N) is 3. The van der Waals surface area contributed by atoms with Crippen LogP contribution < -0.4 is 9.64 Å². The fraction of sp³-hybridized carbons (Fsp3) is 0.600. The minimum Gasteiger partial charge on any atom is -0.489 e. The summed E-state index contributed by atoms with van der Waals surface area (Å²) < 4.78 is 5.60. The van der Waals surface area contributed by atoms with Crippen LogP contribution in [0.1, 0.15) is 12.8 Å². The smallest absolute Gasteiger partial charge is 0.273 e. The van der Waals surface area contributed by atoms with E-state index < -0.39 is 0 Å². The molecule has 1 fully saturated rings. The second-order valence-electron chi connectivity index (χ2n) is 5.95. The van der Waals surface area contributed by atoms with Crippen molar-refractivity contribution >= 4 is 11.4 Å². The van der Waals surface area contributed by atoms with Gasteiger partial charge in [0, 0.05) is 12.6 Å². The van der Waals surface area contributed by atoms with E-state index in [2.05, 4.69) is 16.8 Å². The lowest BCUT2D eigenvalue weighted by molar-refractivity contribution is -0.384. The van der Waals surface area contributed by atoms with E-state index in [0.717, 1.165) is 31.9 Å². The Balaban J connectivity index is 1.73. The van der Waals surface area contributed by atoms with Crippen molar-refractivity contribution in [2.45, 2.75) is 12.8 Å². The van der Waals surface area contributed by atoms with Crippen LogP contribution in [0, 0.1) is 16.0 Å². The summed E-state index contributed by atoms with van der Waals surface area (Å²) in [5, 5.41) is 10.8. The number of hydrogen-bond acceptors (Lipinski definition) is 5. The van der Waals surface area contributed by atoms with E-state index in [1.54, 1.807) is 6.07 Å². The molecule has 0 radical (unpaired) electrons. The molecule has 21 heavy (non-hydrogen) atoms. The van der Waals surface area contributed by atoms with Crippen molar-refractivity contribution in [3.63, 3.8) is 0 Å². The Kier molecular flexibility index (Phi) is 3.96. The third kappa shape index (κ3) is 3.10. The van der Waals surface area contributed by atoms with Gasteiger partial charge in [-0.25, -0.2) is 0 Å². The summed E-state index contributed by atoms with van der Waals surface area (Å²) in [6.07, 6.45) is 2.44. The molecule has 1 aromatic carbocycles. The van der Waals surface area contributed by atoms with Crippen molar-refractivity contribution in [2.75, 3.05) is 44.7 Å². The van der Waals surface area contributed by atoms with Gasteiger partial charge in [-0.3, -0.25) is 10.1 Å². The highest BCUT2D eigenvalue weighted by Gasteiger charge is 2.25. The molecule has 114 valence electrons. The predicted molar refractivity (Wildman–Crippen MR) is 81.0 cm³/mol. The molecule has 2 heterocycles. The van der Waals surface area contributed by atoms with Crippen LogP contribution in [0.2, 0.25) is 0 Å². The fourth-order valence-electron chi connectivity index (χ4n) is 3.13. The first-order valence-electron chi connectivity index (χ1n) is 7.48. The van der Waals surface area contributed by atoms with Gasteiger partial charge in [0.2, 0.25) is 0 Å². The molecule has 0 aliphatic carbocycles. The second kappa shape index (κ2) is 5.89. The molecule has 0 bridgehead atoms. The number of fused-ring (bicyclic) bond motifs is 1. The number of hydrogen-bond donors (Lipinski definition) is 0. The molecule has 2 aliphatic rings. The van der Waals surface area contributed by atoms with Crippen LogP contribution >= 0.6 is 0 Å². The van der Waals surface area contributed by atoms with Crippen LogP contribution in [0.4, 0.5) is 11.4 Å². The number of nitro groups is 1. The first-order valence-corrected chi connectivity index (χ1v) is 7.48. The standard InChI is InChI=1S/C15H21N3O3/c1-16-6-4-12(5-7-16)11-17-8-9-21-15-10-13(18(19)20)2-3-14(15)17/h2-3,10,12H,4-9,11H2,1H3. The first-order chi connectivity index (χ1) is 10.1. The Bertz CT molecular complexity index is 527. The molecule has 0 saturated carbocycles. The lowest BCUT2D eigenvalue weighted by Gasteiger charge is -2.36. The molecule has 1 saturated heterocycles. The quantitative estimate of drug-likeness (QED) is 0.631. The minimum atomic E-state index is -0.375. The van der Waals surface area contributed by atoms with Gasteiger partial charge >= 0.3 is 0 Å². The van der Waals surface area contributed by atoms with E-state index in [1.807, 2.05) is 6.07 Å². The molecule has 0 aromatic heterocycles. The average Bonchev–Trinajstić information content (AvgIpc) is 2.49. The molecule has 0 N–H and O–H groups in total. The van der Waals surface area contributed by atoms with Crippen molar-refractivity contribution in [3.05, 3.63) is 28.3 Å². The highest BCUT2D eigenvalue weighted by Crippen LogP contribution is 2.35. The number of non-ortho nitro benzene ring substituents is 1. The number of anilines is 1. The van der Waals surface area contributed by atoms with Crippen molar-refractivity contribution in [1.82, 2.24) is 4.90 Å². The molecule has 6 nitrogen and oxygen atoms in total. The summed E-state index contributed by atoms with van der Waals surface area (Å²) in [6.45, 7) is 4.78. The van der Waals surface area contributed by atoms with Crippen LogP contribution in [0.3, 0.4) is 0 Å². The Hall–Kier alpha value is -1.82. The van der Waals surface area contributed by atoms with Gasteiger partial charge in [0.25, 0.3) is 5.69 Å². The Morgan fingerprint density at radius 1 is 1.33 bits per heavy atom. The van der Waals surface area contributed by atoms with Crippen molar-refractivity contribution in [3.8, 4) is 5.75 Å². The number of nitro benzene ring substituents is 1. The van der Waals surface area contributed by atoms with E-state index in [1.165, 1.54) is 18.9 Å². The number of rotatable bonds is 3. The Morgan fingerprint density at radius 3 is 2.81 bits per heavy atom. The number of ether oxygens (including phenoxy) is 1. The third-order valence-corrected chi connectivity index (χ3v) is 4.43. The zero-order valence-electron chi connectivity index (χ0n) is 12.3. The normalized spacial score (nSPS) is 20.0. The van der Waals surface area contributed by atoms with Gasteiger partial charge in [-0.2, -0.15) is 0 Å². The zero-order valence-corrected chi connectivity index (χ0v) is 12.3. The first kappa shape index (κ1) is 14.1. The summed E-state index contributed by atoms with van der Waals surface area (Å²) >= 11 is 0. The van der Waals surface area contributed by atoms with Crippen LogP contribution in [0.5, 0.6) is 5.75 Å². The van der Waals surface area contributed by atoms with Gasteiger partial charge in [0.15, 0.2) is 0 Å². The van der Waals surface area contributed by atoms with Crippen LogP contribution in [0.15, 0.2) is 18.2 Å². The SMILES string of the molecule is CN1CCC(CN2CCOc3cc([N+](=O)[O-])ccc32)CC1. The van der Waals surface area contributed by atoms with Gasteiger partial charge in [-0.05, 0) is 45.0 Å². The van der Waals surface area contributed by atoms with Crippen molar-refractivity contribution in [1.29, 1.82) is 0 Å². The van der Waals surface area contributed by atoms with Gasteiger partial charge in [0.05, 0.1) is 23.2 Å². The van der Waals surface area contributed by atoms with Crippen molar-refractivity contribution in [2.24, 2.45) is 5.92 Å². The molecule has 3 rings (SSSR count). The average molecular weight is 291 g/mol. The molecular formula is C15H21N3O3. The molecule has 6 heteroatoms. The number of likely N-dealkylation sites (tertiary alicyclic amines) is 1. The third-order valence-electron chi connectivity index (χ3n) is 4.43. The van der Waals surface area contributed by atoms with E-state index in [-0.39, 0.29) is 10.6 Å². The monoisotopic (exact) mass is 291 g/mol. The Labute approximate surface area is 124 Å². The fourth-order valence-corrected chi connectivity index (χ4v) is 3.13. The molecule has 0 amide bonds. The van der Waals surface area contributed by atoms with E-state index in [4.69, 9.17) is 4.74 Å². The summed E-state index contributed by atoms with van der Waals surface area (Å²) in [7, 11) is 2.17. The van der Waals surface area contributed by atoms with E-state index in [9.17, 15) is 10.1 Å². The maximum absolute atomic E-state index is 10.8. The predicted octanol–water partition coefficient (Wildman–Crippen LogP) is 2.14. The van der Waals surface area contributed by atoms with E-state index >= 15 is 0 Å². The highest BCUT2D eigenvalue weighted by atomic mass is 16.6. The molecule has 0 spiro atoms. The molecule has 2 aliphatic heterocycles. The summed E-state index contributed by atoms with van der Waals surface area (Å²) in [5.41, 5.74) is 1.08. The van der Waals surface area contributed by atoms with Gasteiger partial charge < -0.3 is 14.5 Å². The van der Waals surface area contributed by atoms with Gasteiger partial charge in [-0.15, -0.1) is 0 Å². The topological polar surface area (TPSA) is 58.8 Å². The summed E-state index contributed by atoms with van der Waals surface area (Å²) in [4.78, 5) is 15.2. The molecule has 0 unspecified atom stereocenters. The zero-order chi connectivity index (χ0) is 14.8. The summed E-state index contributed by atoms with van der Waals surface area (Å²) in [5.74, 6) is 1.34. The molecular weight excluding hydrogens is 270 g/mol. The highest BCUT2D eigenvalue weighted by molar-refractivity contribution is 5.63. The lowest BCUT2D eigenvalue weighted by Crippen LogP contribution is -2.40. The second-order valence-corrected chi connectivity index (χ2v) is 5.95.